The van der Waals surface area contributed by atoms with Crippen molar-refractivity contribution in [1.29, 1.82) is 0 Å². The molecule has 0 atom stereocenters. The molecule has 100 valence electrons. The minimum absolute atomic E-state index is 0.0606. The predicted octanol–water partition coefficient (Wildman–Crippen LogP) is 2.09. The van der Waals surface area contributed by atoms with E-state index in [1.165, 1.54) is 16.7 Å². The second-order valence-electron chi connectivity index (χ2n) is 5.57. The Morgan fingerprint density at radius 1 is 1.33 bits per heavy atom. The Balaban J connectivity index is 2.53. The zero-order chi connectivity index (χ0) is 13.8. The van der Waals surface area contributed by atoms with Crippen LogP contribution in [-0.2, 0) is 11.2 Å². The zero-order valence-corrected chi connectivity index (χ0v) is 11.8. The van der Waals surface area contributed by atoms with Gasteiger partial charge in [-0.3, -0.25) is 4.79 Å². The van der Waals surface area contributed by atoms with Gasteiger partial charge in [0.1, 0.15) is 0 Å². The van der Waals surface area contributed by atoms with E-state index < -0.39 is 0 Å². The van der Waals surface area contributed by atoms with E-state index >= 15 is 0 Å². The first kappa shape index (κ1) is 14.7. The molecule has 1 aromatic carbocycles. The molecule has 1 aromatic rings. The van der Waals surface area contributed by atoms with Gasteiger partial charge in [-0.25, -0.2) is 0 Å². The van der Waals surface area contributed by atoms with E-state index in [0.29, 0.717) is 13.0 Å². The molecule has 0 fully saturated rings. The first-order chi connectivity index (χ1) is 8.34. The summed E-state index contributed by atoms with van der Waals surface area (Å²) in [4.78, 5) is 11.8. The van der Waals surface area contributed by atoms with Crippen LogP contribution in [0.1, 0.15) is 37.0 Å². The minimum atomic E-state index is -0.320. The fourth-order valence-electron chi connectivity index (χ4n) is 1.87. The number of benzene rings is 1. The molecule has 1 amide bonds. The summed E-state index contributed by atoms with van der Waals surface area (Å²) in [7, 11) is 0. The van der Waals surface area contributed by atoms with Crippen LogP contribution in [0.25, 0.3) is 0 Å². The van der Waals surface area contributed by atoms with Gasteiger partial charge in [-0.05, 0) is 45.2 Å². The van der Waals surface area contributed by atoms with Crippen LogP contribution < -0.4 is 11.1 Å². The summed E-state index contributed by atoms with van der Waals surface area (Å²) >= 11 is 0. The third-order valence-corrected chi connectivity index (χ3v) is 3.11. The lowest BCUT2D eigenvalue weighted by Gasteiger charge is -2.24. The highest BCUT2D eigenvalue weighted by molar-refractivity contribution is 5.77. The molecule has 18 heavy (non-hydrogen) atoms. The van der Waals surface area contributed by atoms with Crippen LogP contribution in [-0.4, -0.2) is 18.0 Å². The topological polar surface area (TPSA) is 55.1 Å². The minimum Gasteiger partial charge on any atom is -0.350 e. The Kier molecular flexibility index (Phi) is 4.91. The highest BCUT2D eigenvalue weighted by atomic mass is 16.1. The van der Waals surface area contributed by atoms with Crippen molar-refractivity contribution in [2.45, 2.75) is 46.1 Å². The molecule has 3 nitrogen and oxygen atoms in total. The van der Waals surface area contributed by atoms with E-state index in [0.717, 1.165) is 6.42 Å². The Labute approximate surface area is 110 Å². The number of carbonyl (C=O) groups is 1. The molecule has 0 bridgehead atoms. The van der Waals surface area contributed by atoms with E-state index in [-0.39, 0.29) is 11.4 Å². The number of nitrogens with two attached hydrogens (primary N) is 1. The molecule has 0 spiro atoms. The number of hydrogen-bond donors (Lipinski definition) is 2. The number of rotatable bonds is 5. The van der Waals surface area contributed by atoms with Crippen molar-refractivity contribution < 1.29 is 4.79 Å². The second-order valence-corrected chi connectivity index (χ2v) is 5.57. The van der Waals surface area contributed by atoms with Crippen LogP contribution >= 0.6 is 0 Å². The van der Waals surface area contributed by atoms with Gasteiger partial charge in [-0.1, -0.05) is 23.8 Å². The van der Waals surface area contributed by atoms with E-state index in [1.807, 2.05) is 13.8 Å². The first-order valence-electron chi connectivity index (χ1n) is 6.41. The van der Waals surface area contributed by atoms with Crippen LogP contribution in [0.3, 0.4) is 0 Å². The van der Waals surface area contributed by atoms with Crippen LogP contribution in [0.5, 0.6) is 0 Å². The van der Waals surface area contributed by atoms with Gasteiger partial charge in [0.15, 0.2) is 0 Å². The maximum absolute atomic E-state index is 11.8. The highest BCUT2D eigenvalue weighted by Crippen LogP contribution is 2.12. The molecule has 0 aliphatic heterocycles. The average Bonchev–Trinajstić information content (AvgIpc) is 2.27. The van der Waals surface area contributed by atoms with Gasteiger partial charge in [0.05, 0.1) is 0 Å². The normalized spacial score (nSPS) is 11.4. The van der Waals surface area contributed by atoms with Crippen molar-refractivity contribution in [2.24, 2.45) is 5.73 Å². The van der Waals surface area contributed by atoms with E-state index in [1.54, 1.807) is 0 Å². The van der Waals surface area contributed by atoms with Gasteiger partial charge in [0.2, 0.25) is 5.91 Å². The van der Waals surface area contributed by atoms with E-state index in [9.17, 15) is 4.79 Å². The molecule has 0 saturated carbocycles. The maximum atomic E-state index is 11.8. The van der Waals surface area contributed by atoms with Crippen molar-refractivity contribution in [2.75, 3.05) is 6.54 Å². The lowest BCUT2D eigenvalue weighted by Crippen LogP contribution is -2.48. The predicted molar refractivity (Wildman–Crippen MR) is 75.5 cm³/mol. The molecule has 0 heterocycles. The second kappa shape index (κ2) is 6.01. The third kappa shape index (κ3) is 4.49. The zero-order valence-electron chi connectivity index (χ0n) is 11.8. The summed E-state index contributed by atoms with van der Waals surface area (Å²) in [5.41, 5.74) is 9.01. The number of hydrogen-bond acceptors (Lipinski definition) is 2. The molecule has 0 radical (unpaired) electrons. The smallest absolute Gasteiger partial charge is 0.220 e. The van der Waals surface area contributed by atoms with Crippen LogP contribution in [0, 0.1) is 13.8 Å². The van der Waals surface area contributed by atoms with Crippen molar-refractivity contribution in [3.8, 4) is 0 Å². The molecule has 3 heteroatoms. The SMILES string of the molecule is Cc1ccc(CCC(=O)NC(C)(C)CN)c(C)c1. The summed E-state index contributed by atoms with van der Waals surface area (Å²) < 4.78 is 0. The van der Waals surface area contributed by atoms with Gasteiger partial charge < -0.3 is 11.1 Å². The summed E-state index contributed by atoms with van der Waals surface area (Å²) in [5.74, 6) is 0.0606. The largest absolute Gasteiger partial charge is 0.350 e. The van der Waals surface area contributed by atoms with Gasteiger partial charge >= 0.3 is 0 Å². The highest BCUT2D eigenvalue weighted by Gasteiger charge is 2.17. The Morgan fingerprint density at radius 3 is 2.56 bits per heavy atom. The fraction of sp³-hybridized carbons (Fsp3) is 0.533. The van der Waals surface area contributed by atoms with Gasteiger partial charge in [-0.2, -0.15) is 0 Å². The molecule has 0 aliphatic rings. The van der Waals surface area contributed by atoms with Crippen molar-refractivity contribution in [3.63, 3.8) is 0 Å². The van der Waals surface area contributed by atoms with Gasteiger partial charge in [0, 0.05) is 18.5 Å². The molecule has 3 N–H and O–H groups in total. The Hall–Kier alpha value is -1.35. The third-order valence-electron chi connectivity index (χ3n) is 3.11. The number of aryl methyl sites for hydroxylation is 3. The fourth-order valence-corrected chi connectivity index (χ4v) is 1.87. The summed E-state index contributed by atoms with van der Waals surface area (Å²) in [6.07, 6.45) is 1.28. The van der Waals surface area contributed by atoms with Crippen molar-refractivity contribution in [3.05, 3.63) is 34.9 Å². The standard InChI is InChI=1S/C15H24N2O/c1-11-5-6-13(12(2)9-11)7-8-14(18)17-15(3,4)10-16/h5-6,9H,7-8,10,16H2,1-4H3,(H,17,18). The summed E-state index contributed by atoms with van der Waals surface area (Å²) in [6.45, 7) is 8.48. The number of amides is 1. The van der Waals surface area contributed by atoms with Crippen molar-refractivity contribution in [1.82, 2.24) is 5.32 Å². The van der Waals surface area contributed by atoms with Gasteiger partial charge in [0.25, 0.3) is 0 Å². The summed E-state index contributed by atoms with van der Waals surface area (Å²) in [5, 5.41) is 2.94. The number of nitrogens with one attached hydrogen (secondary N) is 1. The first-order valence-corrected chi connectivity index (χ1v) is 6.41. The quantitative estimate of drug-likeness (QED) is 0.838. The van der Waals surface area contributed by atoms with Crippen LogP contribution in [0.2, 0.25) is 0 Å². The van der Waals surface area contributed by atoms with E-state index in [2.05, 4.69) is 37.4 Å². The number of carbonyl (C=O) groups excluding carboxylic acids is 1. The molecule has 0 aromatic heterocycles. The molecule has 0 saturated heterocycles. The maximum Gasteiger partial charge on any atom is 0.220 e. The molecular weight excluding hydrogens is 224 g/mol. The molecule has 0 aliphatic carbocycles. The molecule has 0 unspecified atom stereocenters. The van der Waals surface area contributed by atoms with Gasteiger partial charge in [-0.15, -0.1) is 0 Å². The average molecular weight is 248 g/mol. The summed E-state index contributed by atoms with van der Waals surface area (Å²) in [6, 6.07) is 6.34. The van der Waals surface area contributed by atoms with Crippen molar-refractivity contribution >= 4 is 5.91 Å². The lowest BCUT2D eigenvalue weighted by atomic mass is 10.0. The lowest BCUT2D eigenvalue weighted by molar-refractivity contribution is -0.122. The molecular formula is C15H24N2O. The van der Waals surface area contributed by atoms with E-state index in [4.69, 9.17) is 5.73 Å². The Bertz CT molecular complexity index is 425. The van der Waals surface area contributed by atoms with Crippen LogP contribution in [0.15, 0.2) is 18.2 Å². The Morgan fingerprint density at radius 2 is 2.00 bits per heavy atom. The van der Waals surface area contributed by atoms with Crippen LogP contribution in [0.4, 0.5) is 0 Å². The monoisotopic (exact) mass is 248 g/mol. The molecule has 1 rings (SSSR count).